The third-order valence-corrected chi connectivity index (χ3v) is 5.04. The second kappa shape index (κ2) is 8.84. The number of benzene rings is 1. The van der Waals surface area contributed by atoms with Crippen LogP contribution in [-0.2, 0) is 0 Å². The molecule has 7 heteroatoms. The number of fused-ring (bicyclic) bond motifs is 1. The van der Waals surface area contributed by atoms with Gasteiger partial charge in [0.05, 0.1) is 0 Å². The Bertz CT molecular complexity index is 870. The number of para-hydroxylation sites is 1. The zero-order valence-electron chi connectivity index (χ0n) is 15.9. The van der Waals surface area contributed by atoms with Gasteiger partial charge in [0.15, 0.2) is 5.76 Å². The molecule has 2 aromatic heterocycles. The lowest BCUT2D eigenvalue weighted by atomic mass is 10.2. The number of piperazine rings is 1. The molecule has 7 nitrogen and oxygen atoms in total. The van der Waals surface area contributed by atoms with Crippen LogP contribution in [0.15, 0.2) is 53.2 Å². The molecule has 3 aromatic rings. The predicted octanol–water partition coefficient (Wildman–Crippen LogP) is 2.55. The third kappa shape index (κ3) is 4.48. The highest BCUT2D eigenvalue weighted by Gasteiger charge is 2.18. The molecule has 4 rings (SSSR count). The Labute approximate surface area is 164 Å². The lowest BCUT2D eigenvalue weighted by Gasteiger charge is -2.34. The molecule has 1 aliphatic rings. The molecule has 1 aromatic carbocycles. The number of nitrogens with one attached hydrogen (secondary N) is 1. The molecule has 0 aliphatic carbocycles. The number of hydrogen-bond acceptors (Lipinski definition) is 6. The summed E-state index contributed by atoms with van der Waals surface area (Å²) in [6.45, 7) is 5.64. The lowest BCUT2D eigenvalue weighted by molar-refractivity contribution is 0.0927. The Hall–Kier alpha value is -2.93. The fourth-order valence-corrected chi connectivity index (χ4v) is 3.47. The second-order valence-corrected chi connectivity index (χ2v) is 6.99. The van der Waals surface area contributed by atoms with E-state index in [9.17, 15) is 4.79 Å². The number of anilines is 1. The summed E-state index contributed by atoms with van der Waals surface area (Å²) in [5.41, 5.74) is 0.743. The maximum Gasteiger partial charge on any atom is 0.287 e. The Morgan fingerprint density at radius 1 is 1.04 bits per heavy atom. The van der Waals surface area contributed by atoms with Crippen molar-refractivity contribution in [1.29, 1.82) is 0 Å². The molecular formula is C21H25N5O2. The molecule has 0 bridgehead atoms. The first kappa shape index (κ1) is 18.4. The summed E-state index contributed by atoms with van der Waals surface area (Å²) in [5.74, 6) is 1.04. The smallest absolute Gasteiger partial charge is 0.287 e. The monoisotopic (exact) mass is 379 g/mol. The molecule has 1 fully saturated rings. The maximum absolute atomic E-state index is 12.2. The van der Waals surface area contributed by atoms with Gasteiger partial charge in [-0.25, -0.2) is 9.97 Å². The van der Waals surface area contributed by atoms with Gasteiger partial charge < -0.3 is 14.6 Å². The van der Waals surface area contributed by atoms with Crippen LogP contribution in [0.2, 0.25) is 0 Å². The van der Waals surface area contributed by atoms with Crippen LogP contribution in [0.3, 0.4) is 0 Å². The molecule has 3 heterocycles. The number of amides is 1. The molecule has 0 atom stereocenters. The minimum atomic E-state index is -0.146. The van der Waals surface area contributed by atoms with Crippen LogP contribution in [0, 0.1) is 0 Å². The van der Waals surface area contributed by atoms with Crippen molar-refractivity contribution in [2.24, 2.45) is 0 Å². The highest BCUT2D eigenvalue weighted by molar-refractivity contribution is 5.95. The molecular weight excluding hydrogens is 354 g/mol. The van der Waals surface area contributed by atoms with E-state index in [1.54, 1.807) is 18.5 Å². The summed E-state index contributed by atoms with van der Waals surface area (Å²) < 4.78 is 5.59. The number of furan rings is 1. The molecule has 1 amide bonds. The first-order chi connectivity index (χ1) is 13.8. The Morgan fingerprint density at radius 3 is 2.61 bits per heavy atom. The zero-order chi connectivity index (χ0) is 19.2. The normalized spacial score (nSPS) is 15.1. The topological polar surface area (TPSA) is 74.5 Å². The van der Waals surface area contributed by atoms with Gasteiger partial charge in [0.25, 0.3) is 5.91 Å². The lowest BCUT2D eigenvalue weighted by Crippen LogP contribution is -2.47. The molecule has 1 saturated heterocycles. The van der Waals surface area contributed by atoms with Crippen molar-refractivity contribution in [2.75, 3.05) is 44.2 Å². The molecule has 0 unspecified atom stereocenters. The van der Waals surface area contributed by atoms with Crippen molar-refractivity contribution >= 4 is 22.8 Å². The molecule has 146 valence electrons. The van der Waals surface area contributed by atoms with Crippen molar-refractivity contribution in [3.63, 3.8) is 0 Å². The summed E-state index contributed by atoms with van der Waals surface area (Å²) >= 11 is 0. The van der Waals surface area contributed by atoms with Crippen molar-refractivity contribution in [2.45, 2.75) is 12.8 Å². The van der Waals surface area contributed by atoms with Crippen LogP contribution in [0.5, 0.6) is 0 Å². The Morgan fingerprint density at radius 2 is 1.82 bits per heavy atom. The SMILES string of the molecule is O=C(NCCCCN1CCN(c2ncccn2)CC1)c1cc2ccccc2o1. The fourth-order valence-electron chi connectivity index (χ4n) is 3.47. The van der Waals surface area contributed by atoms with Crippen LogP contribution >= 0.6 is 0 Å². The number of nitrogens with zero attached hydrogens (tertiary/aromatic N) is 4. The first-order valence-electron chi connectivity index (χ1n) is 9.81. The van der Waals surface area contributed by atoms with Gasteiger partial charge in [-0.2, -0.15) is 0 Å². The first-order valence-corrected chi connectivity index (χ1v) is 9.81. The molecule has 28 heavy (non-hydrogen) atoms. The second-order valence-electron chi connectivity index (χ2n) is 6.99. The van der Waals surface area contributed by atoms with Gasteiger partial charge in [0.1, 0.15) is 5.58 Å². The molecule has 0 spiro atoms. The van der Waals surface area contributed by atoms with Crippen molar-refractivity contribution in [1.82, 2.24) is 20.2 Å². The van der Waals surface area contributed by atoms with Gasteiger partial charge in [-0.05, 0) is 37.6 Å². The molecule has 1 N–H and O–H groups in total. The van der Waals surface area contributed by atoms with Gasteiger partial charge in [-0.15, -0.1) is 0 Å². The molecule has 0 radical (unpaired) electrons. The van der Waals surface area contributed by atoms with Crippen LogP contribution in [0.1, 0.15) is 23.4 Å². The number of unbranched alkanes of at least 4 members (excludes halogenated alkanes) is 1. The van der Waals surface area contributed by atoms with Gasteiger partial charge in [0.2, 0.25) is 5.95 Å². The van der Waals surface area contributed by atoms with E-state index in [0.717, 1.165) is 62.5 Å². The number of carbonyl (C=O) groups excluding carboxylic acids is 1. The Kier molecular flexibility index (Phi) is 5.82. The minimum absolute atomic E-state index is 0.146. The highest BCUT2D eigenvalue weighted by atomic mass is 16.3. The maximum atomic E-state index is 12.2. The van der Waals surface area contributed by atoms with Gasteiger partial charge in [-0.3, -0.25) is 9.69 Å². The fraction of sp³-hybridized carbons (Fsp3) is 0.381. The largest absolute Gasteiger partial charge is 0.451 e. The summed E-state index contributed by atoms with van der Waals surface area (Å²) in [6.07, 6.45) is 5.58. The quantitative estimate of drug-likeness (QED) is 0.636. The Balaban J connectivity index is 1.13. The summed E-state index contributed by atoms with van der Waals surface area (Å²) in [7, 11) is 0. The van der Waals surface area contributed by atoms with Crippen LogP contribution in [-0.4, -0.2) is 60.0 Å². The van der Waals surface area contributed by atoms with E-state index in [0.29, 0.717) is 12.3 Å². The summed E-state index contributed by atoms with van der Waals surface area (Å²) in [4.78, 5) is 25.5. The average Bonchev–Trinajstić information content (AvgIpc) is 3.19. The van der Waals surface area contributed by atoms with Crippen molar-refractivity contribution in [3.05, 3.63) is 54.6 Å². The summed E-state index contributed by atoms with van der Waals surface area (Å²) in [6, 6.07) is 11.3. The van der Waals surface area contributed by atoms with E-state index in [1.165, 1.54) is 0 Å². The van der Waals surface area contributed by atoms with Crippen molar-refractivity contribution in [3.8, 4) is 0 Å². The van der Waals surface area contributed by atoms with Crippen LogP contribution in [0.4, 0.5) is 5.95 Å². The van der Waals surface area contributed by atoms with Gasteiger partial charge in [-0.1, -0.05) is 18.2 Å². The predicted molar refractivity (Wildman–Crippen MR) is 108 cm³/mol. The number of rotatable bonds is 7. The third-order valence-electron chi connectivity index (χ3n) is 5.04. The van der Waals surface area contributed by atoms with E-state index in [-0.39, 0.29) is 5.91 Å². The van der Waals surface area contributed by atoms with E-state index >= 15 is 0 Å². The molecule has 1 aliphatic heterocycles. The van der Waals surface area contributed by atoms with Gasteiger partial charge >= 0.3 is 0 Å². The number of carbonyl (C=O) groups is 1. The summed E-state index contributed by atoms with van der Waals surface area (Å²) in [5, 5.41) is 3.90. The zero-order valence-corrected chi connectivity index (χ0v) is 15.9. The standard InChI is InChI=1S/C21H25N5O2/c27-20(19-16-17-6-1-2-7-18(17)28-19)22-8-3-4-11-25-12-14-26(15-13-25)21-23-9-5-10-24-21/h1-2,5-7,9-10,16H,3-4,8,11-15H2,(H,22,27). The highest BCUT2D eigenvalue weighted by Crippen LogP contribution is 2.18. The number of aromatic nitrogens is 2. The molecule has 0 saturated carbocycles. The van der Waals surface area contributed by atoms with Crippen LogP contribution in [0.25, 0.3) is 11.0 Å². The van der Waals surface area contributed by atoms with E-state index < -0.39 is 0 Å². The van der Waals surface area contributed by atoms with E-state index in [4.69, 9.17) is 4.42 Å². The van der Waals surface area contributed by atoms with E-state index in [2.05, 4.69) is 25.1 Å². The van der Waals surface area contributed by atoms with Gasteiger partial charge in [0, 0.05) is 50.5 Å². The number of hydrogen-bond donors (Lipinski definition) is 1. The van der Waals surface area contributed by atoms with Crippen molar-refractivity contribution < 1.29 is 9.21 Å². The minimum Gasteiger partial charge on any atom is -0.451 e. The van der Waals surface area contributed by atoms with E-state index in [1.807, 2.05) is 30.3 Å². The average molecular weight is 379 g/mol. The van der Waals surface area contributed by atoms with Crippen LogP contribution < -0.4 is 10.2 Å².